The van der Waals surface area contributed by atoms with E-state index in [0.29, 0.717) is 18.2 Å². The van der Waals surface area contributed by atoms with Gasteiger partial charge < -0.3 is 11.1 Å². The van der Waals surface area contributed by atoms with Crippen LogP contribution in [0.2, 0.25) is 0 Å². The summed E-state index contributed by atoms with van der Waals surface area (Å²) in [5, 5.41) is 3.50. The number of rotatable bonds is 3. The normalized spacial score (nSPS) is 18.6. The van der Waals surface area contributed by atoms with Gasteiger partial charge in [-0.25, -0.2) is 4.98 Å². The van der Waals surface area contributed by atoms with Gasteiger partial charge in [0.1, 0.15) is 6.04 Å². The number of nitrogens with two attached hydrogens (primary N) is 1. The highest BCUT2D eigenvalue weighted by Crippen LogP contribution is 2.28. The van der Waals surface area contributed by atoms with E-state index in [1.807, 2.05) is 24.3 Å². The minimum absolute atomic E-state index is 0. The number of nitrogens with one attached hydrogen (secondary N) is 1. The average molecular weight is 404 g/mol. The monoisotopic (exact) mass is 402 g/mol. The van der Waals surface area contributed by atoms with Crippen LogP contribution in [0.4, 0.5) is 5.13 Å². The van der Waals surface area contributed by atoms with Crippen LogP contribution >= 0.6 is 39.7 Å². The summed E-state index contributed by atoms with van der Waals surface area (Å²) in [5.41, 5.74) is 6.67. The Hall–Kier alpha value is -1.15. The Morgan fingerprint density at radius 1 is 1.41 bits per heavy atom. The maximum atomic E-state index is 12.3. The fourth-order valence-electron chi connectivity index (χ4n) is 2.49. The van der Waals surface area contributed by atoms with Crippen molar-refractivity contribution < 1.29 is 4.79 Å². The summed E-state index contributed by atoms with van der Waals surface area (Å²) < 4.78 is 1.00. The first-order valence-corrected chi connectivity index (χ1v) is 8.22. The van der Waals surface area contributed by atoms with Gasteiger partial charge in [0.2, 0.25) is 5.91 Å². The molecule has 1 aromatic heterocycles. The molecule has 0 aliphatic carbocycles. The van der Waals surface area contributed by atoms with Crippen molar-refractivity contribution in [3.63, 3.8) is 0 Å². The largest absolute Gasteiger partial charge is 0.375 e. The van der Waals surface area contributed by atoms with E-state index in [9.17, 15) is 4.79 Å². The van der Waals surface area contributed by atoms with Gasteiger partial charge >= 0.3 is 0 Å². The number of nitrogen functional groups attached to an aromatic ring is 1. The Kier molecular flexibility index (Phi) is 5.80. The Morgan fingerprint density at radius 3 is 2.77 bits per heavy atom. The summed E-state index contributed by atoms with van der Waals surface area (Å²) in [6, 6.07) is 7.61. The Bertz CT molecular complexity index is 649. The second kappa shape index (κ2) is 7.41. The van der Waals surface area contributed by atoms with Gasteiger partial charge in [0.05, 0.1) is 0 Å². The van der Waals surface area contributed by atoms with Crippen LogP contribution in [-0.4, -0.2) is 28.9 Å². The van der Waals surface area contributed by atoms with E-state index in [-0.39, 0.29) is 24.4 Å². The van der Waals surface area contributed by atoms with Crippen molar-refractivity contribution in [1.29, 1.82) is 0 Å². The molecule has 2 heterocycles. The van der Waals surface area contributed by atoms with Crippen LogP contribution in [0.3, 0.4) is 0 Å². The third kappa shape index (κ3) is 3.78. The lowest BCUT2D eigenvalue weighted by molar-refractivity contribution is -0.129. The van der Waals surface area contributed by atoms with Crippen LogP contribution in [0.15, 0.2) is 34.9 Å². The van der Waals surface area contributed by atoms with E-state index >= 15 is 0 Å². The predicted octanol–water partition coefficient (Wildman–Crippen LogP) is 2.58. The van der Waals surface area contributed by atoms with Gasteiger partial charge in [0, 0.05) is 35.2 Å². The maximum Gasteiger partial charge on any atom is 0.242 e. The lowest BCUT2D eigenvalue weighted by atomic mass is 10.0. The number of carbonyl (C=O) groups is 1. The van der Waals surface area contributed by atoms with Crippen molar-refractivity contribution >= 4 is 50.7 Å². The standard InChI is InChI=1S/C14H15BrN4OS.ClH/c15-10-3-1-9(2-4-10)12-13(20)17-5-6-19(12)8-11-7-18-14(16)21-11;/h1-4,7,12H,5-6,8H2,(H2,16,18)(H,17,20);1H. The van der Waals surface area contributed by atoms with Crippen molar-refractivity contribution in [3.8, 4) is 0 Å². The second-order valence-electron chi connectivity index (χ2n) is 4.88. The molecule has 3 N–H and O–H groups in total. The molecule has 22 heavy (non-hydrogen) atoms. The summed E-state index contributed by atoms with van der Waals surface area (Å²) in [4.78, 5) is 19.6. The lowest BCUT2D eigenvalue weighted by Gasteiger charge is -2.34. The first-order valence-electron chi connectivity index (χ1n) is 6.61. The third-order valence-electron chi connectivity index (χ3n) is 3.43. The van der Waals surface area contributed by atoms with E-state index in [4.69, 9.17) is 5.73 Å². The number of carbonyl (C=O) groups excluding carboxylic acids is 1. The summed E-state index contributed by atoms with van der Waals surface area (Å²) >= 11 is 4.89. The number of hydrogen-bond donors (Lipinski definition) is 2. The molecule has 8 heteroatoms. The van der Waals surface area contributed by atoms with Gasteiger partial charge in [-0.3, -0.25) is 9.69 Å². The smallest absolute Gasteiger partial charge is 0.242 e. The quantitative estimate of drug-likeness (QED) is 0.826. The molecule has 0 spiro atoms. The van der Waals surface area contributed by atoms with Crippen LogP contribution in [-0.2, 0) is 11.3 Å². The van der Waals surface area contributed by atoms with E-state index in [0.717, 1.165) is 21.5 Å². The molecule has 1 fully saturated rings. The van der Waals surface area contributed by atoms with Gasteiger partial charge in [-0.1, -0.05) is 28.1 Å². The molecule has 1 amide bonds. The zero-order valence-electron chi connectivity index (χ0n) is 11.7. The van der Waals surface area contributed by atoms with Crippen molar-refractivity contribution in [2.45, 2.75) is 12.6 Å². The number of hydrogen-bond acceptors (Lipinski definition) is 5. The number of nitrogens with zero attached hydrogens (tertiary/aromatic N) is 2. The fourth-order valence-corrected chi connectivity index (χ4v) is 3.46. The lowest BCUT2D eigenvalue weighted by Crippen LogP contribution is -2.49. The second-order valence-corrected chi connectivity index (χ2v) is 6.94. The van der Waals surface area contributed by atoms with Crippen LogP contribution in [0.1, 0.15) is 16.5 Å². The molecule has 0 saturated carbocycles. The zero-order valence-corrected chi connectivity index (χ0v) is 14.9. The molecule has 0 bridgehead atoms. The molecule has 1 aliphatic rings. The van der Waals surface area contributed by atoms with Gasteiger partial charge in [-0.05, 0) is 17.7 Å². The first kappa shape index (κ1) is 17.2. The summed E-state index contributed by atoms with van der Waals surface area (Å²) in [6.45, 7) is 2.16. The van der Waals surface area contributed by atoms with Crippen molar-refractivity contribution in [2.75, 3.05) is 18.8 Å². The highest BCUT2D eigenvalue weighted by molar-refractivity contribution is 9.10. The third-order valence-corrected chi connectivity index (χ3v) is 4.77. The zero-order chi connectivity index (χ0) is 14.8. The van der Waals surface area contributed by atoms with Gasteiger partial charge in [-0.15, -0.1) is 23.7 Å². The Balaban J connectivity index is 0.00000176. The van der Waals surface area contributed by atoms with Crippen molar-refractivity contribution in [1.82, 2.24) is 15.2 Å². The number of benzene rings is 1. The van der Waals surface area contributed by atoms with Crippen molar-refractivity contribution in [2.24, 2.45) is 0 Å². The van der Waals surface area contributed by atoms with Gasteiger partial charge in [0.25, 0.3) is 0 Å². The predicted molar refractivity (Wildman–Crippen MR) is 94.1 cm³/mol. The van der Waals surface area contributed by atoms with Crippen LogP contribution in [0, 0.1) is 0 Å². The minimum Gasteiger partial charge on any atom is -0.375 e. The molecule has 3 rings (SSSR count). The number of aromatic nitrogens is 1. The number of piperazine rings is 1. The highest BCUT2D eigenvalue weighted by atomic mass is 79.9. The van der Waals surface area contributed by atoms with Crippen LogP contribution in [0.25, 0.3) is 0 Å². The molecule has 1 aliphatic heterocycles. The molecule has 5 nitrogen and oxygen atoms in total. The van der Waals surface area contributed by atoms with E-state index in [1.165, 1.54) is 11.3 Å². The molecular formula is C14H16BrClN4OS. The first-order chi connectivity index (χ1) is 10.1. The number of thiazole rings is 1. The molecule has 1 aromatic carbocycles. The summed E-state index contributed by atoms with van der Waals surface area (Å²) in [7, 11) is 0. The summed E-state index contributed by atoms with van der Waals surface area (Å²) in [6.07, 6.45) is 1.78. The van der Waals surface area contributed by atoms with E-state index in [1.54, 1.807) is 6.20 Å². The highest BCUT2D eigenvalue weighted by Gasteiger charge is 2.31. The Morgan fingerprint density at radius 2 is 2.14 bits per heavy atom. The molecule has 118 valence electrons. The van der Waals surface area contributed by atoms with Crippen LogP contribution < -0.4 is 11.1 Å². The molecule has 1 saturated heterocycles. The topological polar surface area (TPSA) is 71.2 Å². The molecular weight excluding hydrogens is 388 g/mol. The van der Waals surface area contributed by atoms with Gasteiger partial charge in [-0.2, -0.15) is 0 Å². The number of anilines is 1. The maximum absolute atomic E-state index is 12.3. The fraction of sp³-hybridized carbons (Fsp3) is 0.286. The Labute approximate surface area is 147 Å². The average Bonchev–Trinajstić information content (AvgIpc) is 2.86. The number of amides is 1. The molecule has 2 aromatic rings. The number of halogens is 2. The van der Waals surface area contributed by atoms with Crippen LogP contribution in [0.5, 0.6) is 0 Å². The molecule has 1 atom stereocenters. The van der Waals surface area contributed by atoms with E-state index in [2.05, 4.69) is 31.1 Å². The van der Waals surface area contributed by atoms with Gasteiger partial charge in [0.15, 0.2) is 5.13 Å². The minimum atomic E-state index is -0.268. The van der Waals surface area contributed by atoms with Crippen molar-refractivity contribution in [3.05, 3.63) is 45.4 Å². The SMILES string of the molecule is Cl.Nc1ncc(CN2CCNC(=O)C2c2ccc(Br)cc2)s1. The molecule has 1 unspecified atom stereocenters. The molecule has 0 radical (unpaired) electrons. The summed E-state index contributed by atoms with van der Waals surface area (Å²) in [5.74, 6) is 0.0426. The van der Waals surface area contributed by atoms with E-state index < -0.39 is 0 Å².